The largest absolute Gasteiger partial charge is 0.491 e. The Morgan fingerprint density at radius 3 is 2.82 bits per heavy atom. The van der Waals surface area contributed by atoms with E-state index in [0.29, 0.717) is 17.9 Å². The highest BCUT2D eigenvalue weighted by atomic mass is 32.2. The lowest BCUT2D eigenvalue weighted by Crippen LogP contribution is -2.47. The van der Waals surface area contributed by atoms with E-state index in [1.807, 2.05) is 18.2 Å². The van der Waals surface area contributed by atoms with Crippen molar-refractivity contribution in [2.24, 2.45) is 0 Å². The zero-order valence-corrected chi connectivity index (χ0v) is 12.8. The average molecular weight is 322 g/mol. The van der Waals surface area contributed by atoms with E-state index in [9.17, 15) is 14.7 Å². The lowest BCUT2D eigenvalue weighted by molar-refractivity contribution is -0.131. The summed E-state index contributed by atoms with van der Waals surface area (Å²) in [6.07, 6.45) is -0.269. The molecular formula is C15H18N2O4S. The number of urea groups is 1. The van der Waals surface area contributed by atoms with E-state index in [1.165, 1.54) is 0 Å². The minimum absolute atomic E-state index is 0.0306. The molecule has 0 unspecified atom stereocenters. The molecule has 0 aliphatic carbocycles. The van der Waals surface area contributed by atoms with Gasteiger partial charge in [0.1, 0.15) is 24.0 Å². The number of nitrogens with zero attached hydrogens (tertiary/aromatic N) is 1. The van der Waals surface area contributed by atoms with Gasteiger partial charge in [-0.1, -0.05) is 18.2 Å². The number of para-hydroxylation sites is 1. The number of thioether (sulfide) groups is 1. The van der Waals surface area contributed by atoms with Gasteiger partial charge in [0.2, 0.25) is 0 Å². The van der Waals surface area contributed by atoms with Crippen molar-refractivity contribution in [2.75, 3.05) is 24.7 Å². The highest BCUT2D eigenvalue weighted by Crippen LogP contribution is 2.33. The third kappa shape index (κ3) is 2.91. The first-order valence-electron chi connectivity index (χ1n) is 7.18. The molecule has 2 saturated heterocycles. The fourth-order valence-electron chi connectivity index (χ4n) is 2.65. The molecule has 6 nitrogen and oxygen atoms in total. The predicted octanol–water partition coefficient (Wildman–Crippen LogP) is 0.854. The summed E-state index contributed by atoms with van der Waals surface area (Å²) in [6.45, 7) is -0.0211. The number of rotatable bonds is 5. The minimum Gasteiger partial charge on any atom is -0.491 e. The van der Waals surface area contributed by atoms with Gasteiger partial charge in [-0.15, -0.1) is 0 Å². The van der Waals surface area contributed by atoms with Crippen LogP contribution in [-0.4, -0.2) is 58.2 Å². The standard InChI is InChI=1S/C15H18N2O4S/c18-11(9-21-12-4-2-1-3-5-12)8-17-13(19)15(16-14(17)20)6-7-22-10-15/h1-5,11,18H,6-10H2,(H,16,20)/t11-,15+/m0/s1. The highest BCUT2D eigenvalue weighted by Gasteiger charge is 2.53. The third-order valence-electron chi connectivity index (χ3n) is 3.85. The third-order valence-corrected chi connectivity index (χ3v) is 5.04. The maximum absolute atomic E-state index is 12.4. The first kappa shape index (κ1) is 15.2. The molecule has 2 N–H and O–H groups in total. The van der Waals surface area contributed by atoms with Crippen molar-refractivity contribution in [1.29, 1.82) is 0 Å². The predicted molar refractivity (Wildman–Crippen MR) is 82.9 cm³/mol. The van der Waals surface area contributed by atoms with Gasteiger partial charge in [-0.25, -0.2) is 4.79 Å². The Morgan fingerprint density at radius 1 is 1.36 bits per heavy atom. The van der Waals surface area contributed by atoms with Gasteiger partial charge in [0.05, 0.1) is 6.54 Å². The van der Waals surface area contributed by atoms with Crippen molar-refractivity contribution in [1.82, 2.24) is 10.2 Å². The van der Waals surface area contributed by atoms with E-state index in [0.717, 1.165) is 10.7 Å². The molecule has 22 heavy (non-hydrogen) atoms. The summed E-state index contributed by atoms with van der Waals surface area (Å²) in [4.78, 5) is 25.5. The summed E-state index contributed by atoms with van der Waals surface area (Å²) in [5, 5.41) is 12.8. The molecule has 2 aliphatic rings. The van der Waals surface area contributed by atoms with Gasteiger partial charge in [-0.05, 0) is 24.3 Å². The molecule has 1 spiro atoms. The van der Waals surface area contributed by atoms with Crippen LogP contribution in [0.2, 0.25) is 0 Å². The number of ether oxygens (including phenoxy) is 1. The summed E-state index contributed by atoms with van der Waals surface area (Å²) in [7, 11) is 0. The number of amides is 3. The van der Waals surface area contributed by atoms with Crippen LogP contribution in [0.4, 0.5) is 4.79 Å². The number of hydrogen-bond acceptors (Lipinski definition) is 5. The fourth-order valence-corrected chi connectivity index (χ4v) is 3.97. The second-order valence-corrected chi connectivity index (χ2v) is 6.61. The van der Waals surface area contributed by atoms with Gasteiger partial charge in [-0.2, -0.15) is 11.8 Å². The molecule has 2 fully saturated rings. The second-order valence-electron chi connectivity index (χ2n) is 5.51. The topological polar surface area (TPSA) is 78.9 Å². The number of β-amino-alcohol motifs (C(OH)–C–C–N with tert-alkyl or cyclic N) is 1. The minimum atomic E-state index is -0.917. The normalized spacial score (nSPS) is 25.6. The summed E-state index contributed by atoms with van der Waals surface area (Å²) in [6, 6.07) is 8.68. The summed E-state index contributed by atoms with van der Waals surface area (Å²) < 4.78 is 5.44. The molecule has 2 atom stereocenters. The van der Waals surface area contributed by atoms with Crippen LogP contribution in [0.5, 0.6) is 5.75 Å². The van der Waals surface area contributed by atoms with Crippen molar-refractivity contribution in [2.45, 2.75) is 18.1 Å². The molecule has 0 bridgehead atoms. The Hall–Kier alpha value is -1.73. The lowest BCUT2D eigenvalue weighted by Gasteiger charge is -2.21. The van der Waals surface area contributed by atoms with Crippen LogP contribution >= 0.6 is 11.8 Å². The Balaban J connectivity index is 1.56. The summed E-state index contributed by atoms with van der Waals surface area (Å²) in [5.74, 6) is 1.87. The van der Waals surface area contributed by atoms with Crippen molar-refractivity contribution in [3.63, 3.8) is 0 Å². The van der Waals surface area contributed by atoms with Crippen molar-refractivity contribution in [3.8, 4) is 5.75 Å². The van der Waals surface area contributed by atoms with E-state index in [-0.39, 0.29) is 19.1 Å². The molecule has 118 valence electrons. The smallest absolute Gasteiger partial charge is 0.325 e. The SMILES string of the molecule is O=C1N[C@@]2(CCSC2)C(=O)N1C[C@H](O)COc1ccccc1. The van der Waals surface area contributed by atoms with Crippen LogP contribution in [0, 0.1) is 0 Å². The Morgan fingerprint density at radius 2 is 2.14 bits per heavy atom. The molecule has 2 heterocycles. The number of aliphatic hydroxyl groups is 1. The number of benzene rings is 1. The molecule has 0 aromatic heterocycles. The number of imide groups is 1. The zero-order chi connectivity index (χ0) is 15.6. The van der Waals surface area contributed by atoms with E-state index in [1.54, 1.807) is 23.9 Å². The van der Waals surface area contributed by atoms with Crippen molar-refractivity contribution in [3.05, 3.63) is 30.3 Å². The van der Waals surface area contributed by atoms with Crippen molar-refractivity contribution < 1.29 is 19.4 Å². The Bertz CT molecular complexity index is 560. The first-order chi connectivity index (χ1) is 10.6. The van der Waals surface area contributed by atoms with E-state index < -0.39 is 17.7 Å². The van der Waals surface area contributed by atoms with Crippen LogP contribution in [0.3, 0.4) is 0 Å². The Kier molecular flexibility index (Phi) is 4.26. The molecule has 3 amide bonds. The maximum Gasteiger partial charge on any atom is 0.325 e. The van der Waals surface area contributed by atoms with Gasteiger partial charge in [-0.3, -0.25) is 9.69 Å². The van der Waals surface area contributed by atoms with E-state index in [4.69, 9.17) is 4.74 Å². The van der Waals surface area contributed by atoms with Crippen LogP contribution in [0.1, 0.15) is 6.42 Å². The van der Waals surface area contributed by atoms with Crippen LogP contribution in [0.15, 0.2) is 30.3 Å². The molecule has 0 saturated carbocycles. The highest BCUT2D eigenvalue weighted by molar-refractivity contribution is 7.99. The number of nitrogens with one attached hydrogen (secondary N) is 1. The zero-order valence-electron chi connectivity index (χ0n) is 12.0. The number of hydrogen-bond donors (Lipinski definition) is 2. The molecule has 7 heteroatoms. The van der Waals surface area contributed by atoms with Gasteiger partial charge in [0, 0.05) is 5.75 Å². The maximum atomic E-state index is 12.4. The quantitative estimate of drug-likeness (QED) is 0.786. The molecule has 3 rings (SSSR count). The van der Waals surface area contributed by atoms with E-state index in [2.05, 4.69) is 5.32 Å². The summed E-state index contributed by atoms with van der Waals surface area (Å²) in [5.41, 5.74) is -0.762. The number of aliphatic hydroxyl groups excluding tert-OH is 1. The molecule has 2 aliphatic heterocycles. The van der Waals surface area contributed by atoms with Gasteiger partial charge in [0.25, 0.3) is 5.91 Å². The molecular weight excluding hydrogens is 304 g/mol. The number of carbonyl (C=O) groups is 2. The lowest BCUT2D eigenvalue weighted by atomic mass is 9.99. The molecule has 0 radical (unpaired) electrons. The number of carbonyl (C=O) groups excluding carboxylic acids is 2. The first-order valence-corrected chi connectivity index (χ1v) is 8.34. The average Bonchev–Trinajstić information content (AvgIpc) is 3.08. The second kappa shape index (κ2) is 6.18. The van der Waals surface area contributed by atoms with Gasteiger partial charge < -0.3 is 15.2 Å². The molecule has 1 aromatic carbocycles. The van der Waals surface area contributed by atoms with Crippen LogP contribution < -0.4 is 10.1 Å². The summed E-state index contributed by atoms with van der Waals surface area (Å²) >= 11 is 1.66. The van der Waals surface area contributed by atoms with Crippen LogP contribution in [-0.2, 0) is 4.79 Å². The Labute approximate surface area is 132 Å². The fraction of sp³-hybridized carbons (Fsp3) is 0.467. The van der Waals surface area contributed by atoms with E-state index >= 15 is 0 Å². The van der Waals surface area contributed by atoms with Gasteiger partial charge in [0.15, 0.2) is 0 Å². The van der Waals surface area contributed by atoms with Gasteiger partial charge >= 0.3 is 6.03 Å². The van der Waals surface area contributed by atoms with Crippen LogP contribution in [0.25, 0.3) is 0 Å². The molecule has 1 aromatic rings. The monoisotopic (exact) mass is 322 g/mol. The van der Waals surface area contributed by atoms with Crippen molar-refractivity contribution >= 4 is 23.7 Å².